The number of ether oxygens (including phenoxy) is 1. The summed E-state index contributed by atoms with van der Waals surface area (Å²) in [6.45, 7) is 5.68. The van der Waals surface area contributed by atoms with Crippen LogP contribution in [0, 0.1) is 6.92 Å². The smallest absolute Gasteiger partial charge is 0.202 e. The molecular formula is C23H22N2O3. The molecule has 0 aliphatic rings. The first-order valence-electron chi connectivity index (χ1n) is 9.32. The van der Waals surface area contributed by atoms with Crippen LogP contribution in [0.15, 0.2) is 54.7 Å². The molecule has 0 aliphatic carbocycles. The van der Waals surface area contributed by atoms with Crippen molar-refractivity contribution in [2.45, 2.75) is 26.9 Å². The van der Waals surface area contributed by atoms with E-state index in [1.165, 1.54) is 11.1 Å². The van der Waals surface area contributed by atoms with Gasteiger partial charge in [-0.2, -0.15) is 0 Å². The van der Waals surface area contributed by atoms with E-state index in [0.29, 0.717) is 6.54 Å². The molecule has 2 aromatic heterocycles. The van der Waals surface area contributed by atoms with E-state index in [9.17, 15) is 9.90 Å². The molecule has 0 unspecified atom stereocenters. The van der Waals surface area contributed by atoms with E-state index in [1.54, 1.807) is 25.3 Å². The SMILES string of the molecule is CC[n+]1ccc2c3ccc(OC)cc3n(Cc3cccc(C(=O)[O-])c3)c2c1C. The van der Waals surface area contributed by atoms with Gasteiger partial charge in [0.05, 0.1) is 18.6 Å². The number of aryl methyl sites for hydroxylation is 2. The normalized spacial score (nSPS) is 11.2. The third-order valence-electron chi connectivity index (χ3n) is 5.35. The number of hydrogen-bond acceptors (Lipinski definition) is 3. The molecule has 0 bridgehead atoms. The second kappa shape index (κ2) is 7.00. The van der Waals surface area contributed by atoms with E-state index in [1.807, 2.05) is 18.2 Å². The van der Waals surface area contributed by atoms with Gasteiger partial charge in [-0.15, -0.1) is 0 Å². The number of nitrogens with zero attached hydrogens (tertiary/aromatic N) is 2. The molecule has 4 aromatic rings. The van der Waals surface area contributed by atoms with Crippen molar-refractivity contribution in [1.82, 2.24) is 4.57 Å². The molecule has 142 valence electrons. The monoisotopic (exact) mass is 374 g/mol. The first kappa shape index (κ1) is 18.0. The van der Waals surface area contributed by atoms with Crippen LogP contribution in [0.3, 0.4) is 0 Å². The number of aromatic carboxylic acids is 1. The number of benzene rings is 2. The zero-order chi connectivity index (χ0) is 19.8. The highest BCUT2D eigenvalue weighted by molar-refractivity contribution is 6.08. The molecule has 5 heteroatoms. The second-order valence-corrected chi connectivity index (χ2v) is 6.91. The van der Waals surface area contributed by atoms with Crippen LogP contribution in [-0.2, 0) is 13.1 Å². The lowest BCUT2D eigenvalue weighted by Crippen LogP contribution is -2.35. The third-order valence-corrected chi connectivity index (χ3v) is 5.35. The molecule has 0 saturated heterocycles. The number of carboxylic acids is 1. The van der Waals surface area contributed by atoms with Gasteiger partial charge in [0.2, 0.25) is 5.69 Å². The predicted octanol–water partition coefficient (Wildman–Crippen LogP) is 2.83. The summed E-state index contributed by atoms with van der Waals surface area (Å²) in [6.07, 6.45) is 2.11. The van der Waals surface area contributed by atoms with Gasteiger partial charge < -0.3 is 19.2 Å². The van der Waals surface area contributed by atoms with Crippen molar-refractivity contribution < 1.29 is 19.2 Å². The van der Waals surface area contributed by atoms with E-state index in [0.717, 1.165) is 34.3 Å². The van der Waals surface area contributed by atoms with Gasteiger partial charge >= 0.3 is 0 Å². The Bertz CT molecular complexity index is 1210. The maximum absolute atomic E-state index is 11.3. The summed E-state index contributed by atoms with van der Waals surface area (Å²) in [5.41, 5.74) is 4.48. The largest absolute Gasteiger partial charge is 0.545 e. The lowest BCUT2D eigenvalue weighted by atomic mass is 10.1. The average molecular weight is 374 g/mol. The molecule has 0 amide bonds. The van der Waals surface area contributed by atoms with Crippen LogP contribution in [0.1, 0.15) is 28.5 Å². The van der Waals surface area contributed by atoms with Crippen molar-refractivity contribution >= 4 is 27.8 Å². The molecule has 0 N–H and O–H groups in total. The van der Waals surface area contributed by atoms with E-state index in [-0.39, 0.29) is 5.56 Å². The first-order valence-corrected chi connectivity index (χ1v) is 9.32. The number of aromatic nitrogens is 2. The molecule has 5 nitrogen and oxygen atoms in total. The number of carbonyl (C=O) groups is 1. The molecule has 0 aliphatic heterocycles. The zero-order valence-electron chi connectivity index (χ0n) is 16.2. The lowest BCUT2D eigenvalue weighted by Gasteiger charge is -2.11. The van der Waals surface area contributed by atoms with Crippen LogP contribution in [0.25, 0.3) is 21.8 Å². The number of rotatable bonds is 5. The van der Waals surface area contributed by atoms with Gasteiger partial charge in [0.15, 0.2) is 6.20 Å². The van der Waals surface area contributed by atoms with E-state index in [4.69, 9.17) is 4.74 Å². The molecule has 2 heterocycles. The molecule has 2 aromatic carbocycles. The summed E-state index contributed by atoms with van der Waals surface area (Å²) in [5.74, 6) is -0.369. The highest BCUT2D eigenvalue weighted by Crippen LogP contribution is 2.33. The minimum Gasteiger partial charge on any atom is -0.545 e. The Kier molecular flexibility index (Phi) is 4.51. The summed E-state index contributed by atoms with van der Waals surface area (Å²) < 4.78 is 9.90. The fourth-order valence-corrected chi connectivity index (χ4v) is 3.94. The number of methoxy groups -OCH3 is 1. The van der Waals surface area contributed by atoms with Crippen LogP contribution >= 0.6 is 0 Å². The Hall–Kier alpha value is -3.34. The summed E-state index contributed by atoms with van der Waals surface area (Å²) in [5, 5.41) is 13.6. The first-order chi connectivity index (χ1) is 13.5. The molecule has 0 spiro atoms. The molecule has 0 radical (unpaired) electrons. The van der Waals surface area contributed by atoms with Crippen LogP contribution in [0.4, 0.5) is 0 Å². The number of hydrogen-bond donors (Lipinski definition) is 0. The van der Waals surface area contributed by atoms with Crippen molar-refractivity contribution in [1.29, 1.82) is 0 Å². The average Bonchev–Trinajstić information content (AvgIpc) is 3.02. The van der Waals surface area contributed by atoms with Gasteiger partial charge in [0, 0.05) is 36.4 Å². The van der Waals surface area contributed by atoms with Crippen molar-refractivity contribution in [3.05, 3.63) is 71.5 Å². The summed E-state index contributed by atoms with van der Waals surface area (Å²) in [6, 6.07) is 15.2. The number of fused-ring (bicyclic) bond motifs is 3. The summed E-state index contributed by atoms with van der Waals surface area (Å²) >= 11 is 0. The minimum absolute atomic E-state index is 0.191. The number of carboxylic acid groups (broad SMARTS) is 1. The Balaban J connectivity index is 2.00. The van der Waals surface area contributed by atoms with Crippen molar-refractivity contribution in [2.24, 2.45) is 0 Å². The van der Waals surface area contributed by atoms with Gasteiger partial charge in [0.25, 0.3) is 0 Å². The van der Waals surface area contributed by atoms with Gasteiger partial charge in [-0.3, -0.25) is 0 Å². The Morgan fingerprint density at radius 2 is 1.96 bits per heavy atom. The Morgan fingerprint density at radius 1 is 1.14 bits per heavy atom. The van der Waals surface area contributed by atoms with Gasteiger partial charge in [-0.1, -0.05) is 18.2 Å². The molecule has 28 heavy (non-hydrogen) atoms. The lowest BCUT2D eigenvalue weighted by molar-refractivity contribution is -0.698. The minimum atomic E-state index is -1.16. The highest BCUT2D eigenvalue weighted by atomic mass is 16.5. The fourth-order valence-electron chi connectivity index (χ4n) is 3.94. The van der Waals surface area contributed by atoms with E-state index >= 15 is 0 Å². The van der Waals surface area contributed by atoms with Crippen LogP contribution in [0.5, 0.6) is 5.75 Å². The van der Waals surface area contributed by atoms with Gasteiger partial charge in [0.1, 0.15) is 17.8 Å². The van der Waals surface area contributed by atoms with Crippen LogP contribution in [-0.4, -0.2) is 17.6 Å². The Labute approximate surface area is 163 Å². The quantitative estimate of drug-likeness (QED) is 0.505. The van der Waals surface area contributed by atoms with Gasteiger partial charge in [-0.05, 0) is 36.2 Å². The molecule has 0 fully saturated rings. The second-order valence-electron chi connectivity index (χ2n) is 6.91. The van der Waals surface area contributed by atoms with Gasteiger partial charge in [-0.25, -0.2) is 4.57 Å². The number of carbonyl (C=O) groups excluding carboxylic acids is 1. The summed E-state index contributed by atoms with van der Waals surface area (Å²) in [7, 11) is 1.66. The maximum Gasteiger partial charge on any atom is 0.202 e. The third kappa shape index (κ3) is 2.89. The summed E-state index contributed by atoms with van der Waals surface area (Å²) in [4.78, 5) is 11.3. The van der Waals surface area contributed by atoms with Crippen molar-refractivity contribution in [3.8, 4) is 5.75 Å². The van der Waals surface area contributed by atoms with E-state index < -0.39 is 5.97 Å². The Morgan fingerprint density at radius 3 is 2.68 bits per heavy atom. The topological polar surface area (TPSA) is 58.2 Å². The number of pyridine rings is 1. The molecule has 0 atom stereocenters. The molecule has 0 saturated carbocycles. The fraction of sp³-hybridized carbons (Fsp3) is 0.217. The van der Waals surface area contributed by atoms with Crippen LogP contribution < -0.4 is 14.4 Å². The maximum atomic E-state index is 11.3. The zero-order valence-corrected chi connectivity index (χ0v) is 16.2. The molecular weight excluding hydrogens is 352 g/mol. The van der Waals surface area contributed by atoms with E-state index in [2.05, 4.69) is 41.3 Å². The standard InChI is InChI=1S/C23H22N2O3/c1-4-24-11-10-20-19-9-8-18(28-3)13-21(19)25(22(20)15(24)2)14-16-6-5-7-17(12-16)23(26)27/h5-13H,4,14H2,1-3H3. The van der Waals surface area contributed by atoms with Crippen molar-refractivity contribution in [2.75, 3.05) is 7.11 Å². The predicted molar refractivity (Wildman–Crippen MR) is 106 cm³/mol. The molecule has 4 rings (SSSR count). The highest BCUT2D eigenvalue weighted by Gasteiger charge is 2.19. The van der Waals surface area contributed by atoms with Crippen molar-refractivity contribution in [3.63, 3.8) is 0 Å². The van der Waals surface area contributed by atoms with Crippen LogP contribution in [0.2, 0.25) is 0 Å².